The summed E-state index contributed by atoms with van der Waals surface area (Å²) in [5, 5.41) is 0. The number of nitrogens with two attached hydrogens (primary N) is 2. The molecule has 0 spiro atoms. The third-order valence-corrected chi connectivity index (χ3v) is 3.66. The van der Waals surface area contributed by atoms with E-state index >= 15 is 0 Å². The number of nitrogen functional groups attached to an aromatic ring is 1. The standard InChI is InChI=1S/C20H16N2O3/c21-16-7-11-18(12-8-16)25-17-9-5-14(6-10-17)19(23)13-1-3-15(4-2-13)20(22)24/h1-12H,21H2,(H2,22,24). The lowest BCUT2D eigenvalue weighted by molar-refractivity contribution is 0.0996. The molecule has 0 aliphatic heterocycles. The number of ether oxygens (including phenoxy) is 1. The minimum absolute atomic E-state index is 0.143. The highest BCUT2D eigenvalue weighted by Crippen LogP contribution is 2.23. The van der Waals surface area contributed by atoms with Gasteiger partial charge in [0.05, 0.1) is 0 Å². The van der Waals surface area contributed by atoms with Gasteiger partial charge in [0.15, 0.2) is 5.78 Å². The summed E-state index contributed by atoms with van der Waals surface area (Å²) in [6.07, 6.45) is 0. The maximum atomic E-state index is 12.5. The molecule has 4 N–H and O–H groups in total. The van der Waals surface area contributed by atoms with Crippen molar-refractivity contribution in [1.82, 2.24) is 0 Å². The molecule has 0 heterocycles. The van der Waals surface area contributed by atoms with Crippen molar-refractivity contribution < 1.29 is 14.3 Å². The van der Waals surface area contributed by atoms with Gasteiger partial charge in [-0.05, 0) is 60.7 Å². The summed E-state index contributed by atoms with van der Waals surface area (Å²) in [4.78, 5) is 23.5. The van der Waals surface area contributed by atoms with E-state index in [9.17, 15) is 9.59 Å². The van der Waals surface area contributed by atoms with Crippen molar-refractivity contribution >= 4 is 17.4 Å². The zero-order valence-electron chi connectivity index (χ0n) is 13.3. The summed E-state index contributed by atoms with van der Waals surface area (Å²) >= 11 is 0. The van der Waals surface area contributed by atoms with Gasteiger partial charge in [-0.15, -0.1) is 0 Å². The van der Waals surface area contributed by atoms with E-state index in [1.807, 2.05) is 0 Å². The van der Waals surface area contributed by atoms with Gasteiger partial charge in [-0.1, -0.05) is 12.1 Å². The highest BCUT2D eigenvalue weighted by molar-refractivity contribution is 6.09. The second-order valence-electron chi connectivity index (χ2n) is 5.47. The first-order chi connectivity index (χ1) is 12.0. The normalized spacial score (nSPS) is 10.2. The Morgan fingerprint density at radius 1 is 0.640 bits per heavy atom. The topological polar surface area (TPSA) is 95.4 Å². The molecule has 1 amide bonds. The number of ketones is 1. The number of hydrogen-bond acceptors (Lipinski definition) is 4. The molecule has 3 aromatic carbocycles. The smallest absolute Gasteiger partial charge is 0.248 e. The molecule has 0 atom stereocenters. The number of primary amides is 1. The summed E-state index contributed by atoms with van der Waals surface area (Å²) < 4.78 is 5.70. The molecule has 3 aromatic rings. The van der Waals surface area contributed by atoms with Crippen LogP contribution in [0.2, 0.25) is 0 Å². The van der Waals surface area contributed by atoms with Gasteiger partial charge < -0.3 is 16.2 Å². The third-order valence-electron chi connectivity index (χ3n) is 3.66. The third kappa shape index (κ3) is 3.84. The zero-order chi connectivity index (χ0) is 17.8. The van der Waals surface area contributed by atoms with Crippen molar-refractivity contribution in [3.8, 4) is 11.5 Å². The van der Waals surface area contributed by atoms with Crippen molar-refractivity contribution in [2.75, 3.05) is 5.73 Å². The molecule has 5 heteroatoms. The molecular formula is C20H16N2O3. The van der Waals surface area contributed by atoms with Crippen LogP contribution in [0.15, 0.2) is 72.8 Å². The van der Waals surface area contributed by atoms with Crippen LogP contribution in [0.4, 0.5) is 5.69 Å². The van der Waals surface area contributed by atoms with E-state index in [-0.39, 0.29) is 5.78 Å². The lowest BCUT2D eigenvalue weighted by Crippen LogP contribution is -2.11. The Morgan fingerprint density at radius 3 is 1.52 bits per heavy atom. The van der Waals surface area contributed by atoms with Gasteiger partial charge in [-0.2, -0.15) is 0 Å². The number of anilines is 1. The lowest BCUT2D eigenvalue weighted by Gasteiger charge is -2.07. The first kappa shape index (κ1) is 16.3. The minimum Gasteiger partial charge on any atom is -0.457 e. The molecule has 0 aliphatic rings. The SMILES string of the molecule is NC(=O)c1ccc(C(=O)c2ccc(Oc3ccc(N)cc3)cc2)cc1. The molecule has 25 heavy (non-hydrogen) atoms. The molecule has 0 unspecified atom stereocenters. The lowest BCUT2D eigenvalue weighted by atomic mass is 10.0. The predicted octanol–water partition coefficient (Wildman–Crippen LogP) is 3.39. The van der Waals surface area contributed by atoms with E-state index in [1.54, 1.807) is 60.7 Å². The van der Waals surface area contributed by atoms with E-state index < -0.39 is 5.91 Å². The number of carbonyl (C=O) groups is 2. The summed E-state index contributed by atoms with van der Waals surface area (Å²) in [5.41, 5.74) is 12.9. The number of carbonyl (C=O) groups excluding carboxylic acids is 2. The average Bonchev–Trinajstić information content (AvgIpc) is 2.64. The molecule has 0 aromatic heterocycles. The second kappa shape index (κ2) is 6.88. The fourth-order valence-corrected chi connectivity index (χ4v) is 2.30. The van der Waals surface area contributed by atoms with Crippen LogP contribution in [0, 0.1) is 0 Å². The van der Waals surface area contributed by atoms with Crippen LogP contribution < -0.4 is 16.2 Å². The number of hydrogen-bond donors (Lipinski definition) is 2. The monoisotopic (exact) mass is 332 g/mol. The Hall–Kier alpha value is -3.60. The Balaban J connectivity index is 1.73. The molecule has 3 rings (SSSR count). The number of amides is 1. The Labute approximate surface area is 144 Å². The van der Waals surface area contributed by atoms with Crippen LogP contribution >= 0.6 is 0 Å². The summed E-state index contributed by atoms with van der Waals surface area (Å²) in [5.74, 6) is 0.610. The highest BCUT2D eigenvalue weighted by Gasteiger charge is 2.10. The van der Waals surface area contributed by atoms with Crippen molar-refractivity contribution in [3.05, 3.63) is 89.5 Å². The van der Waals surface area contributed by atoms with Crippen LogP contribution in [0.3, 0.4) is 0 Å². The van der Waals surface area contributed by atoms with Gasteiger partial charge in [0.2, 0.25) is 5.91 Å². The quantitative estimate of drug-likeness (QED) is 0.553. The highest BCUT2D eigenvalue weighted by atomic mass is 16.5. The zero-order valence-corrected chi connectivity index (χ0v) is 13.3. The van der Waals surface area contributed by atoms with Gasteiger partial charge in [-0.25, -0.2) is 0 Å². The van der Waals surface area contributed by atoms with Gasteiger partial charge in [0.25, 0.3) is 0 Å². The van der Waals surface area contributed by atoms with Crippen molar-refractivity contribution in [3.63, 3.8) is 0 Å². The minimum atomic E-state index is -0.525. The molecule has 0 radical (unpaired) electrons. The van der Waals surface area contributed by atoms with E-state index in [0.29, 0.717) is 33.9 Å². The summed E-state index contributed by atoms with van der Waals surface area (Å²) in [7, 11) is 0. The van der Waals surface area contributed by atoms with E-state index in [2.05, 4.69) is 0 Å². The molecule has 0 saturated heterocycles. The fraction of sp³-hybridized carbons (Fsp3) is 0. The van der Waals surface area contributed by atoms with Crippen LogP contribution in [0.1, 0.15) is 26.3 Å². The summed E-state index contributed by atoms with van der Waals surface area (Å²) in [6, 6.07) is 20.1. The molecular weight excluding hydrogens is 316 g/mol. The van der Waals surface area contributed by atoms with Crippen LogP contribution in [-0.2, 0) is 0 Å². The molecule has 0 fully saturated rings. The number of rotatable bonds is 5. The Kier molecular flexibility index (Phi) is 4.48. The predicted molar refractivity (Wildman–Crippen MR) is 95.8 cm³/mol. The van der Waals surface area contributed by atoms with Crippen LogP contribution in [0.5, 0.6) is 11.5 Å². The van der Waals surface area contributed by atoms with Gasteiger partial charge in [-0.3, -0.25) is 9.59 Å². The van der Waals surface area contributed by atoms with E-state index in [0.717, 1.165) is 0 Å². The van der Waals surface area contributed by atoms with Crippen molar-refractivity contribution in [2.45, 2.75) is 0 Å². The fourth-order valence-electron chi connectivity index (χ4n) is 2.30. The first-order valence-corrected chi connectivity index (χ1v) is 7.61. The summed E-state index contributed by atoms with van der Waals surface area (Å²) in [6.45, 7) is 0. The average molecular weight is 332 g/mol. The van der Waals surface area contributed by atoms with E-state index in [1.165, 1.54) is 12.1 Å². The molecule has 124 valence electrons. The Morgan fingerprint density at radius 2 is 1.04 bits per heavy atom. The second-order valence-corrected chi connectivity index (χ2v) is 5.47. The van der Waals surface area contributed by atoms with Crippen LogP contribution in [0.25, 0.3) is 0 Å². The van der Waals surface area contributed by atoms with Crippen LogP contribution in [-0.4, -0.2) is 11.7 Å². The van der Waals surface area contributed by atoms with Crippen molar-refractivity contribution in [1.29, 1.82) is 0 Å². The molecule has 5 nitrogen and oxygen atoms in total. The largest absolute Gasteiger partial charge is 0.457 e. The Bertz CT molecular complexity index is 899. The molecule has 0 bridgehead atoms. The van der Waals surface area contributed by atoms with Gasteiger partial charge in [0, 0.05) is 22.4 Å². The van der Waals surface area contributed by atoms with E-state index in [4.69, 9.17) is 16.2 Å². The molecule has 0 saturated carbocycles. The first-order valence-electron chi connectivity index (χ1n) is 7.61. The van der Waals surface area contributed by atoms with Gasteiger partial charge >= 0.3 is 0 Å². The van der Waals surface area contributed by atoms with Crippen molar-refractivity contribution in [2.24, 2.45) is 5.73 Å². The molecule has 0 aliphatic carbocycles. The maximum absolute atomic E-state index is 12.5. The maximum Gasteiger partial charge on any atom is 0.248 e. The number of benzene rings is 3. The van der Waals surface area contributed by atoms with Gasteiger partial charge in [0.1, 0.15) is 11.5 Å².